The zero-order chi connectivity index (χ0) is 14.4. The first-order valence-corrected chi connectivity index (χ1v) is 5.18. The van der Waals surface area contributed by atoms with E-state index >= 15 is 0 Å². The maximum absolute atomic E-state index is 12.0. The maximum Gasteiger partial charge on any atom is 0.531 e. The molecule has 0 fully saturated rings. The third-order valence-corrected chi connectivity index (χ3v) is 1.91. The highest BCUT2D eigenvalue weighted by Crippen LogP contribution is 2.19. The molecule has 1 aromatic carbocycles. The minimum atomic E-state index is -0.880. The standard InChI is InChI=1S/C12H10N2O5/c1-7(15)18-10-6-4-3-5-9(10)11(17)12(14-13)19-8(2)16/h3-6H,1-2H3. The fourth-order valence-corrected chi connectivity index (χ4v) is 1.26. The Morgan fingerprint density at radius 1 is 1.11 bits per heavy atom. The van der Waals surface area contributed by atoms with E-state index in [0.29, 0.717) is 0 Å². The van der Waals surface area contributed by atoms with Crippen LogP contribution in [0.4, 0.5) is 0 Å². The summed E-state index contributed by atoms with van der Waals surface area (Å²) in [6.45, 7) is 2.23. The van der Waals surface area contributed by atoms with E-state index in [9.17, 15) is 14.4 Å². The van der Waals surface area contributed by atoms with Gasteiger partial charge in [-0.2, -0.15) is 0 Å². The molecule has 98 valence electrons. The van der Waals surface area contributed by atoms with Crippen LogP contribution < -0.4 is 4.74 Å². The van der Waals surface area contributed by atoms with Crippen LogP contribution in [-0.4, -0.2) is 28.4 Å². The molecule has 0 unspecified atom stereocenters. The number of carbonyl (C=O) groups is 3. The van der Waals surface area contributed by atoms with Gasteiger partial charge >= 0.3 is 23.6 Å². The van der Waals surface area contributed by atoms with E-state index in [1.54, 1.807) is 6.07 Å². The van der Waals surface area contributed by atoms with E-state index in [-0.39, 0.29) is 11.3 Å². The highest BCUT2D eigenvalue weighted by molar-refractivity contribution is 6.42. The average molecular weight is 262 g/mol. The predicted octanol–water partition coefficient (Wildman–Crippen LogP) is 0.986. The molecule has 0 saturated heterocycles. The van der Waals surface area contributed by atoms with Crippen LogP contribution in [0.2, 0.25) is 0 Å². The number of benzene rings is 1. The Bertz CT molecular complexity index is 588. The van der Waals surface area contributed by atoms with Crippen LogP contribution in [0.3, 0.4) is 0 Å². The zero-order valence-electron chi connectivity index (χ0n) is 10.2. The minimum absolute atomic E-state index is 0.0201. The molecule has 1 rings (SSSR count). The number of rotatable bonds is 3. The summed E-state index contributed by atoms with van der Waals surface area (Å²) < 4.78 is 9.28. The van der Waals surface area contributed by atoms with Crippen LogP contribution in [0.25, 0.3) is 5.53 Å². The average Bonchev–Trinajstić information content (AvgIpc) is 2.35. The van der Waals surface area contributed by atoms with Gasteiger partial charge in [-0.15, -0.1) is 4.79 Å². The van der Waals surface area contributed by atoms with Crippen LogP contribution in [0.5, 0.6) is 5.75 Å². The molecule has 0 aliphatic carbocycles. The van der Waals surface area contributed by atoms with Crippen LogP contribution in [-0.2, 0) is 14.3 Å². The molecular weight excluding hydrogens is 252 g/mol. The molecule has 0 aliphatic rings. The lowest BCUT2D eigenvalue weighted by Crippen LogP contribution is -2.22. The van der Waals surface area contributed by atoms with Crippen molar-refractivity contribution in [3.05, 3.63) is 35.4 Å². The molecule has 0 aliphatic heterocycles. The van der Waals surface area contributed by atoms with Crippen molar-refractivity contribution in [2.45, 2.75) is 13.8 Å². The molecular formula is C12H10N2O5. The van der Waals surface area contributed by atoms with E-state index in [1.807, 2.05) is 0 Å². The van der Waals surface area contributed by atoms with Crippen molar-refractivity contribution in [3.8, 4) is 5.75 Å². The van der Waals surface area contributed by atoms with Gasteiger partial charge in [0.2, 0.25) is 0 Å². The van der Waals surface area contributed by atoms with Crippen molar-refractivity contribution in [1.82, 2.24) is 0 Å². The first-order chi connectivity index (χ1) is 8.95. The number of nitrogens with zero attached hydrogens (tertiary/aromatic N) is 2. The molecule has 0 spiro atoms. The quantitative estimate of drug-likeness (QED) is 0.153. The largest absolute Gasteiger partial charge is 0.531 e. The van der Waals surface area contributed by atoms with Crippen molar-refractivity contribution in [2.75, 3.05) is 0 Å². The van der Waals surface area contributed by atoms with Crippen LogP contribution >= 0.6 is 0 Å². The number of esters is 2. The van der Waals surface area contributed by atoms with Gasteiger partial charge in [-0.25, -0.2) is 0 Å². The van der Waals surface area contributed by atoms with E-state index in [1.165, 1.54) is 25.1 Å². The summed E-state index contributed by atoms with van der Waals surface area (Å²) in [6.07, 6.45) is 0. The van der Waals surface area contributed by atoms with Crippen molar-refractivity contribution in [1.29, 1.82) is 0 Å². The molecule has 0 saturated carbocycles. The molecule has 0 radical (unpaired) electrons. The lowest BCUT2D eigenvalue weighted by Gasteiger charge is -2.05. The first-order valence-electron chi connectivity index (χ1n) is 5.18. The molecule has 0 aromatic heterocycles. The molecule has 1 aromatic rings. The number of hydrogen-bond donors (Lipinski definition) is 0. The summed E-state index contributed by atoms with van der Waals surface area (Å²) in [4.78, 5) is 36.2. The molecule has 0 atom stereocenters. The highest BCUT2D eigenvalue weighted by Gasteiger charge is 2.29. The van der Waals surface area contributed by atoms with E-state index in [0.717, 1.165) is 6.92 Å². The summed E-state index contributed by atoms with van der Waals surface area (Å²) >= 11 is 0. The molecule has 0 bridgehead atoms. The summed E-state index contributed by atoms with van der Waals surface area (Å²) in [5.41, 5.74) is 8.60. The molecule has 0 N–H and O–H groups in total. The Kier molecular flexibility index (Phi) is 4.68. The Morgan fingerprint density at radius 2 is 1.74 bits per heavy atom. The number of Topliss-reactive ketones (excluding diaryl/α,β-unsaturated/α-hetero) is 1. The summed E-state index contributed by atoms with van der Waals surface area (Å²) in [5.74, 6) is -3.13. The van der Waals surface area contributed by atoms with Gasteiger partial charge in [0.05, 0.1) is 5.56 Å². The SMILES string of the molecule is CC(=O)OC(=[N+]=[N-])C(=O)c1ccccc1OC(C)=O. The van der Waals surface area contributed by atoms with E-state index < -0.39 is 23.6 Å². The van der Waals surface area contributed by atoms with Gasteiger partial charge in [0.1, 0.15) is 5.75 Å². The lowest BCUT2D eigenvalue weighted by molar-refractivity contribution is -0.137. The normalized spacial score (nSPS) is 9.16. The monoisotopic (exact) mass is 262 g/mol. The van der Waals surface area contributed by atoms with Gasteiger partial charge < -0.3 is 15.0 Å². The smallest absolute Gasteiger partial charge is 0.426 e. The fourth-order valence-electron chi connectivity index (χ4n) is 1.26. The van der Waals surface area contributed by atoms with Gasteiger partial charge in [-0.05, 0) is 12.1 Å². The maximum atomic E-state index is 12.0. The molecule has 19 heavy (non-hydrogen) atoms. The van der Waals surface area contributed by atoms with Gasteiger partial charge in [0.15, 0.2) is 0 Å². The van der Waals surface area contributed by atoms with Crippen LogP contribution in [0.15, 0.2) is 24.3 Å². The van der Waals surface area contributed by atoms with Gasteiger partial charge in [0.25, 0.3) is 0 Å². The topological polar surface area (TPSA) is 106 Å². The minimum Gasteiger partial charge on any atom is -0.426 e. The molecule has 0 heterocycles. The second-order valence-electron chi connectivity index (χ2n) is 3.42. The zero-order valence-corrected chi connectivity index (χ0v) is 10.2. The van der Waals surface area contributed by atoms with Crippen LogP contribution in [0.1, 0.15) is 24.2 Å². The Labute approximate surface area is 108 Å². The molecule has 7 nitrogen and oxygen atoms in total. The number of para-hydroxylation sites is 1. The lowest BCUT2D eigenvalue weighted by atomic mass is 10.1. The third-order valence-electron chi connectivity index (χ3n) is 1.91. The number of ether oxygens (including phenoxy) is 2. The Morgan fingerprint density at radius 3 is 2.26 bits per heavy atom. The molecule has 7 heteroatoms. The Hall–Kier alpha value is -2.79. The van der Waals surface area contributed by atoms with E-state index in [4.69, 9.17) is 10.3 Å². The second kappa shape index (κ2) is 6.23. The van der Waals surface area contributed by atoms with Crippen molar-refractivity contribution in [2.24, 2.45) is 0 Å². The number of hydrogen-bond acceptors (Lipinski definition) is 5. The van der Waals surface area contributed by atoms with Crippen molar-refractivity contribution >= 4 is 23.6 Å². The van der Waals surface area contributed by atoms with Crippen LogP contribution in [0, 0.1) is 0 Å². The first kappa shape index (κ1) is 14.3. The highest BCUT2D eigenvalue weighted by atomic mass is 16.5. The van der Waals surface area contributed by atoms with Crippen molar-refractivity contribution in [3.63, 3.8) is 0 Å². The fraction of sp³-hybridized carbons (Fsp3) is 0.167. The summed E-state index contributed by atoms with van der Waals surface area (Å²) in [5, 5.41) is 0. The second-order valence-corrected chi connectivity index (χ2v) is 3.42. The number of ketones is 1. The van der Waals surface area contributed by atoms with Gasteiger partial charge in [0, 0.05) is 13.8 Å². The van der Waals surface area contributed by atoms with Gasteiger partial charge in [-0.3, -0.25) is 14.4 Å². The predicted molar refractivity (Wildman–Crippen MR) is 62.5 cm³/mol. The Balaban J connectivity index is 3.15. The molecule has 0 amide bonds. The summed E-state index contributed by atoms with van der Waals surface area (Å²) in [7, 11) is 0. The van der Waals surface area contributed by atoms with Gasteiger partial charge in [-0.1, -0.05) is 12.1 Å². The van der Waals surface area contributed by atoms with Crippen molar-refractivity contribution < 1.29 is 28.6 Å². The third kappa shape index (κ3) is 3.86. The number of carbonyl (C=O) groups excluding carboxylic acids is 3. The summed E-state index contributed by atoms with van der Waals surface area (Å²) in [6, 6.07) is 5.80. The van der Waals surface area contributed by atoms with E-state index in [2.05, 4.69) is 9.53 Å².